The Hall–Kier alpha value is -3.10. The molecule has 0 radical (unpaired) electrons. The van der Waals surface area contributed by atoms with Gasteiger partial charge in [0.05, 0.1) is 6.10 Å². The second-order valence-corrected chi connectivity index (χ2v) is 7.02. The molecule has 0 saturated carbocycles. The van der Waals surface area contributed by atoms with Crippen molar-refractivity contribution in [2.45, 2.75) is 19.1 Å². The van der Waals surface area contributed by atoms with Crippen LogP contribution < -0.4 is 5.32 Å². The van der Waals surface area contributed by atoms with Gasteiger partial charge in [-0.1, -0.05) is 30.3 Å². The van der Waals surface area contributed by atoms with Crippen LogP contribution in [0.3, 0.4) is 0 Å². The predicted octanol–water partition coefficient (Wildman–Crippen LogP) is 1.68. The van der Waals surface area contributed by atoms with Gasteiger partial charge in [0.2, 0.25) is 0 Å². The topological polar surface area (TPSA) is 85.2 Å². The molecule has 1 amide bonds. The van der Waals surface area contributed by atoms with Crippen molar-refractivity contribution in [1.29, 1.82) is 0 Å². The van der Waals surface area contributed by atoms with Crippen LogP contribution in [0, 0.1) is 0 Å². The van der Waals surface area contributed by atoms with Crippen LogP contribution in [0.25, 0.3) is 5.82 Å². The van der Waals surface area contributed by atoms with Crippen molar-refractivity contribution in [2.75, 3.05) is 26.2 Å². The fourth-order valence-corrected chi connectivity index (χ4v) is 3.40. The average Bonchev–Trinajstić information content (AvgIpc) is 3.21. The zero-order valence-corrected chi connectivity index (χ0v) is 16.1. The van der Waals surface area contributed by atoms with E-state index in [-0.39, 0.29) is 12.0 Å². The number of nitrogens with one attached hydrogen (secondary N) is 1. The van der Waals surface area contributed by atoms with Gasteiger partial charge >= 0.3 is 0 Å². The van der Waals surface area contributed by atoms with Gasteiger partial charge in [-0.05, 0) is 24.1 Å². The highest BCUT2D eigenvalue weighted by molar-refractivity contribution is 5.94. The maximum atomic E-state index is 12.6. The highest BCUT2D eigenvalue weighted by Crippen LogP contribution is 2.11. The lowest BCUT2D eigenvalue weighted by Crippen LogP contribution is -2.40. The summed E-state index contributed by atoms with van der Waals surface area (Å²) in [5, 5.41) is 7.03. The van der Waals surface area contributed by atoms with E-state index in [1.54, 1.807) is 24.7 Å². The van der Waals surface area contributed by atoms with Crippen molar-refractivity contribution in [1.82, 2.24) is 30.0 Å². The highest BCUT2D eigenvalue weighted by atomic mass is 16.5. The standard InChI is InChI=1S/C21H24N6O2/c28-21(18-7-8-23-20(11-18)27-16-22-15-25-27)24-12-19-14-26(9-4-10-29-19)13-17-5-2-1-3-6-17/h1-3,5-8,11,15-16,19H,4,9-10,12-14H2,(H,24,28). The van der Waals surface area contributed by atoms with Crippen LogP contribution in [0.1, 0.15) is 22.3 Å². The van der Waals surface area contributed by atoms with Crippen molar-refractivity contribution in [3.63, 3.8) is 0 Å². The molecular formula is C21H24N6O2. The molecule has 0 bridgehead atoms. The van der Waals surface area contributed by atoms with Crippen molar-refractivity contribution < 1.29 is 9.53 Å². The first-order chi connectivity index (χ1) is 14.3. The minimum Gasteiger partial charge on any atom is -0.375 e. The number of nitrogens with zero attached hydrogens (tertiary/aromatic N) is 5. The first-order valence-electron chi connectivity index (χ1n) is 9.75. The van der Waals surface area contributed by atoms with Crippen molar-refractivity contribution in [3.05, 3.63) is 72.4 Å². The maximum absolute atomic E-state index is 12.6. The maximum Gasteiger partial charge on any atom is 0.251 e. The van der Waals surface area contributed by atoms with Gasteiger partial charge in [0.15, 0.2) is 5.82 Å². The zero-order valence-electron chi connectivity index (χ0n) is 16.1. The van der Waals surface area contributed by atoms with Gasteiger partial charge in [0.1, 0.15) is 12.7 Å². The number of hydrogen-bond donors (Lipinski definition) is 1. The summed E-state index contributed by atoms with van der Waals surface area (Å²) < 4.78 is 7.47. The summed E-state index contributed by atoms with van der Waals surface area (Å²) >= 11 is 0. The van der Waals surface area contributed by atoms with E-state index in [1.807, 2.05) is 6.07 Å². The molecule has 2 aromatic heterocycles. The minimum atomic E-state index is -0.156. The van der Waals surface area contributed by atoms with Crippen LogP contribution >= 0.6 is 0 Å². The van der Waals surface area contributed by atoms with Crippen LogP contribution in [0.15, 0.2) is 61.3 Å². The molecule has 3 aromatic rings. The summed E-state index contributed by atoms with van der Waals surface area (Å²) in [6, 6.07) is 13.8. The normalized spacial score (nSPS) is 17.6. The van der Waals surface area contributed by atoms with Gasteiger partial charge in [-0.25, -0.2) is 14.6 Å². The Morgan fingerprint density at radius 3 is 2.97 bits per heavy atom. The summed E-state index contributed by atoms with van der Waals surface area (Å²) in [6.45, 7) is 3.84. The third kappa shape index (κ3) is 5.24. The molecule has 1 fully saturated rings. The van der Waals surface area contributed by atoms with Crippen LogP contribution in [0.2, 0.25) is 0 Å². The lowest BCUT2D eigenvalue weighted by molar-refractivity contribution is 0.0510. The van der Waals surface area contributed by atoms with Crippen LogP contribution in [0.4, 0.5) is 0 Å². The molecule has 3 heterocycles. The molecule has 4 rings (SSSR count). The summed E-state index contributed by atoms with van der Waals surface area (Å²) in [5.74, 6) is 0.395. The first-order valence-corrected chi connectivity index (χ1v) is 9.75. The van der Waals surface area contributed by atoms with E-state index in [1.165, 1.54) is 16.6 Å². The summed E-state index contributed by atoms with van der Waals surface area (Å²) in [7, 11) is 0. The molecule has 1 unspecified atom stereocenters. The molecule has 0 aliphatic carbocycles. The molecule has 8 nitrogen and oxygen atoms in total. The lowest BCUT2D eigenvalue weighted by Gasteiger charge is -2.24. The lowest BCUT2D eigenvalue weighted by atomic mass is 10.2. The molecule has 0 spiro atoms. The number of carbonyl (C=O) groups is 1. The Balaban J connectivity index is 1.34. The third-order valence-corrected chi connectivity index (χ3v) is 4.83. The summed E-state index contributed by atoms with van der Waals surface area (Å²) in [4.78, 5) is 23.1. The molecule has 1 aliphatic rings. The number of amides is 1. The number of rotatable bonds is 6. The van der Waals surface area contributed by atoms with Crippen molar-refractivity contribution >= 4 is 5.91 Å². The molecule has 1 N–H and O–H groups in total. The van der Waals surface area contributed by atoms with Gasteiger partial charge in [-0.3, -0.25) is 9.69 Å². The SMILES string of the molecule is O=C(NCC1CN(Cc2ccccc2)CCCO1)c1ccnc(-n2cncn2)c1. The Kier molecular flexibility index (Phi) is 6.23. The number of pyridine rings is 1. The van der Waals surface area contributed by atoms with Gasteiger partial charge < -0.3 is 10.1 Å². The Morgan fingerprint density at radius 2 is 2.14 bits per heavy atom. The number of hydrogen-bond acceptors (Lipinski definition) is 6. The van der Waals surface area contributed by atoms with E-state index >= 15 is 0 Å². The summed E-state index contributed by atoms with van der Waals surface area (Å²) in [6.07, 6.45) is 5.52. The number of ether oxygens (including phenoxy) is 1. The number of carbonyl (C=O) groups excluding carboxylic acids is 1. The Bertz CT molecular complexity index is 916. The van der Waals surface area contributed by atoms with Gasteiger partial charge in [0, 0.05) is 44.5 Å². The molecule has 1 aliphatic heterocycles. The van der Waals surface area contributed by atoms with Crippen molar-refractivity contribution in [2.24, 2.45) is 0 Å². The monoisotopic (exact) mass is 392 g/mol. The fourth-order valence-electron chi connectivity index (χ4n) is 3.40. The first kappa shape index (κ1) is 19.2. The van der Waals surface area contributed by atoms with Crippen LogP contribution in [-0.4, -0.2) is 62.9 Å². The average molecular weight is 392 g/mol. The van der Waals surface area contributed by atoms with E-state index in [0.29, 0.717) is 24.5 Å². The van der Waals surface area contributed by atoms with E-state index in [0.717, 1.165) is 26.1 Å². The van der Waals surface area contributed by atoms with E-state index in [2.05, 4.69) is 49.5 Å². The van der Waals surface area contributed by atoms with E-state index < -0.39 is 0 Å². The van der Waals surface area contributed by atoms with Crippen molar-refractivity contribution in [3.8, 4) is 5.82 Å². The molecule has 1 aromatic carbocycles. The molecule has 1 saturated heterocycles. The largest absolute Gasteiger partial charge is 0.375 e. The number of benzene rings is 1. The van der Waals surface area contributed by atoms with E-state index in [9.17, 15) is 4.79 Å². The Labute approximate surface area is 169 Å². The summed E-state index contributed by atoms with van der Waals surface area (Å²) in [5.41, 5.74) is 1.81. The molecule has 8 heteroatoms. The van der Waals surface area contributed by atoms with Gasteiger partial charge in [-0.15, -0.1) is 0 Å². The predicted molar refractivity (Wildman–Crippen MR) is 108 cm³/mol. The second-order valence-electron chi connectivity index (χ2n) is 7.02. The number of aromatic nitrogens is 4. The second kappa shape index (κ2) is 9.40. The Morgan fingerprint density at radius 1 is 1.24 bits per heavy atom. The highest BCUT2D eigenvalue weighted by Gasteiger charge is 2.20. The zero-order chi connectivity index (χ0) is 19.9. The smallest absolute Gasteiger partial charge is 0.251 e. The van der Waals surface area contributed by atoms with Gasteiger partial charge in [-0.2, -0.15) is 5.10 Å². The third-order valence-electron chi connectivity index (χ3n) is 4.83. The van der Waals surface area contributed by atoms with E-state index in [4.69, 9.17) is 4.74 Å². The fraction of sp³-hybridized carbons (Fsp3) is 0.333. The molecule has 1 atom stereocenters. The molecular weight excluding hydrogens is 368 g/mol. The van der Waals surface area contributed by atoms with Crippen LogP contribution in [0.5, 0.6) is 0 Å². The minimum absolute atomic E-state index is 0.0400. The van der Waals surface area contributed by atoms with Crippen LogP contribution in [-0.2, 0) is 11.3 Å². The molecule has 150 valence electrons. The van der Waals surface area contributed by atoms with Gasteiger partial charge in [0.25, 0.3) is 5.91 Å². The quantitative estimate of drug-likeness (QED) is 0.687. The molecule has 29 heavy (non-hydrogen) atoms.